The number of aromatic nitrogens is 3. The van der Waals surface area contributed by atoms with Crippen LogP contribution in [0.25, 0.3) is 0 Å². The first-order valence-corrected chi connectivity index (χ1v) is 25.4. The van der Waals surface area contributed by atoms with Gasteiger partial charge in [0.05, 0.1) is 24.3 Å². The van der Waals surface area contributed by atoms with Gasteiger partial charge in [-0.25, -0.2) is 9.59 Å². The summed E-state index contributed by atoms with van der Waals surface area (Å²) < 4.78 is 23.4. The fourth-order valence-electron chi connectivity index (χ4n) is 4.93. The molecule has 0 aliphatic carbocycles. The van der Waals surface area contributed by atoms with E-state index in [2.05, 4.69) is 70.2 Å². The molecule has 0 bridgehead atoms. The number of unbranched alkanes of at least 4 members (excludes halogenated alkanes) is 2. The molecule has 267 valence electrons. The maximum Gasteiger partial charge on any atom is 0.338 e. The largest absolute Gasteiger partial charge is 0.462 e. The first-order chi connectivity index (χ1) is 23.3. The number of carbonyl (C=O) groups is 2. The molecule has 3 N–H and O–H groups in total. The normalized spacial score (nSPS) is 11.7. The van der Waals surface area contributed by atoms with Crippen molar-refractivity contribution in [2.24, 2.45) is 0 Å². The van der Waals surface area contributed by atoms with Crippen molar-refractivity contribution in [1.29, 1.82) is 0 Å². The number of hydrogen-bond acceptors (Lipinski definition) is 12. The lowest BCUT2D eigenvalue weighted by molar-refractivity contribution is 0.0490. The fraction of sp³-hybridized carbons (Fsp3) is 0.500. The summed E-state index contributed by atoms with van der Waals surface area (Å²) in [7, 11) is -4.93. The first kappa shape index (κ1) is 39.8. The highest BCUT2D eigenvalue weighted by molar-refractivity contribution is 6.84. The monoisotopic (exact) mass is 725 g/mol. The number of hydrogen-bond donors (Lipinski definition) is 3. The van der Waals surface area contributed by atoms with Crippen LogP contribution in [0.3, 0.4) is 0 Å². The van der Waals surface area contributed by atoms with Crippen LogP contribution in [0.1, 0.15) is 66.7 Å². The number of nitrogens with zero attached hydrogens (tertiary/aromatic N) is 3. The molecule has 0 amide bonds. The Morgan fingerprint density at radius 1 is 0.694 bits per heavy atom. The molecule has 0 fully saturated rings. The van der Waals surface area contributed by atoms with Gasteiger partial charge < -0.3 is 33.7 Å². The molecule has 12 nitrogen and oxygen atoms in total. The highest BCUT2D eigenvalue weighted by Gasteiger charge is 2.35. The molecule has 1 heterocycles. The van der Waals surface area contributed by atoms with E-state index in [-0.39, 0.29) is 11.9 Å². The van der Waals surface area contributed by atoms with Gasteiger partial charge in [0.25, 0.3) is 0 Å². The van der Waals surface area contributed by atoms with E-state index in [0.29, 0.717) is 60.1 Å². The van der Waals surface area contributed by atoms with Gasteiger partial charge in [0.2, 0.25) is 17.8 Å². The predicted octanol–water partition coefficient (Wildman–Crippen LogP) is 8.27. The molecule has 2 aromatic carbocycles. The number of benzene rings is 2. The van der Waals surface area contributed by atoms with Crippen molar-refractivity contribution in [3.8, 4) is 0 Å². The van der Waals surface area contributed by atoms with E-state index in [4.69, 9.17) is 17.7 Å². The zero-order chi connectivity index (χ0) is 35.9. The molecule has 0 atom stereocenters. The second-order valence-corrected chi connectivity index (χ2v) is 23.3. The van der Waals surface area contributed by atoms with Crippen LogP contribution in [0.2, 0.25) is 45.3 Å². The Balaban J connectivity index is 1.72. The Morgan fingerprint density at radius 3 is 1.57 bits per heavy atom. The van der Waals surface area contributed by atoms with Crippen LogP contribution in [0.5, 0.6) is 0 Å². The van der Waals surface area contributed by atoms with E-state index in [9.17, 15) is 9.59 Å². The van der Waals surface area contributed by atoms with Gasteiger partial charge in [-0.15, -0.1) is 0 Å². The Kier molecular flexibility index (Phi) is 15.9. The summed E-state index contributed by atoms with van der Waals surface area (Å²) in [6.07, 6.45) is 4.45. The van der Waals surface area contributed by atoms with Gasteiger partial charge in [0.15, 0.2) is 17.4 Å². The summed E-state index contributed by atoms with van der Waals surface area (Å²) in [5, 5.41) is 9.78. The third-order valence-corrected chi connectivity index (χ3v) is 16.4. The van der Waals surface area contributed by atoms with Crippen LogP contribution in [-0.4, -0.2) is 72.6 Å². The quantitative estimate of drug-likeness (QED) is 0.0552. The molecule has 15 heteroatoms. The third kappa shape index (κ3) is 14.8. The van der Waals surface area contributed by atoms with Gasteiger partial charge in [-0.1, -0.05) is 26.7 Å². The Bertz CT molecular complexity index is 1390. The van der Waals surface area contributed by atoms with Gasteiger partial charge in [0, 0.05) is 17.9 Å². The van der Waals surface area contributed by atoms with Gasteiger partial charge in [-0.05, 0) is 113 Å². The van der Waals surface area contributed by atoms with Crippen LogP contribution in [0, 0.1) is 0 Å². The minimum Gasteiger partial charge on any atom is -0.462 e. The SMILES string of the molecule is CCCCOC(=O)c1ccc(Nc2nc(NCCC[Si](C)(C)O[Si](C)(C)O[Si](C)C)nc(Nc3ccc(C(=O)OCCCC)cc3)n2)cc1. The topological polar surface area (TPSA) is 146 Å². The zero-order valence-corrected chi connectivity index (χ0v) is 33.3. The molecule has 1 aromatic heterocycles. The van der Waals surface area contributed by atoms with E-state index in [0.717, 1.165) is 38.1 Å². The van der Waals surface area contributed by atoms with Gasteiger partial charge in [-0.3, -0.25) is 0 Å². The van der Waals surface area contributed by atoms with Crippen molar-refractivity contribution < 1.29 is 27.3 Å². The van der Waals surface area contributed by atoms with E-state index < -0.39 is 25.9 Å². The van der Waals surface area contributed by atoms with E-state index in [1.807, 2.05) is 13.8 Å². The molecule has 0 saturated heterocycles. The van der Waals surface area contributed by atoms with Crippen molar-refractivity contribution in [3.05, 3.63) is 59.7 Å². The number of nitrogens with one attached hydrogen (secondary N) is 3. The number of ether oxygens (including phenoxy) is 2. The number of esters is 2. The molecule has 0 spiro atoms. The zero-order valence-electron chi connectivity index (χ0n) is 30.3. The predicted molar refractivity (Wildman–Crippen MR) is 202 cm³/mol. The molecule has 0 aliphatic heterocycles. The van der Waals surface area contributed by atoms with E-state index >= 15 is 0 Å². The van der Waals surface area contributed by atoms with Crippen LogP contribution in [0.4, 0.5) is 29.2 Å². The summed E-state index contributed by atoms with van der Waals surface area (Å²) in [4.78, 5) is 38.5. The molecular weight excluding hydrogens is 673 g/mol. The highest BCUT2D eigenvalue weighted by Crippen LogP contribution is 2.23. The second-order valence-electron chi connectivity index (χ2n) is 13.0. The van der Waals surface area contributed by atoms with Gasteiger partial charge in [0.1, 0.15) is 0 Å². The van der Waals surface area contributed by atoms with Crippen molar-refractivity contribution in [2.45, 2.75) is 91.3 Å². The molecule has 3 aromatic rings. The lowest BCUT2D eigenvalue weighted by atomic mass is 10.2. The maximum atomic E-state index is 12.3. The lowest BCUT2D eigenvalue weighted by Crippen LogP contribution is -2.48. The van der Waals surface area contributed by atoms with Gasteiger partial charge in [-0.2, -0.15) is 15.0 Å². The molecule has 3 rings (SSSR count). The summed E-state index contributed by atoms with van der Waals surface area (Å²) in [6.45, 7) is 18.6. The summed E-state index contributed by atoms with van der Waals surface area (Å²) in [6, 6.07) is 14.9. The number of rotatable bonds is 21. The average Bonchev–Trinajstić information content (AvgIpc) is 3.03. The first-order valence-electron chi connectivity index (χ1n) is 17.1. The van der Waals surface area contributed by atoms with Crippen molar-refractivity contribution in [3.63, 3.8) is 0 Å². The molecule has 49 heavy (non-hydrogen) atoms. The molecule has 1 radical (unpaired) electrons. The Hall–Kier alpha value is -3.64. The smallest absolute Gasteiger partial charge is 0.338 e. The highest BCUT2D eigenvalue weighted by atomic mass is 28.5. The van der Waals surface area contributed by atoms with Crippen LogP contribution in [0.15, 0.2) is 48.5 Å². The standard InChI is InChI=1S/C34H53N6O6Si3/c1-9-11-23-43-30(41)26-14-18-28(19-15-26)36-33-38-32(35-22-13-25-48(5,6)46-49(7,8)45-47(3)4)39-34(40-33)37-29-20-16-27(17-21-29)31(42)44-24-12-10-2/h14-21H,9-13,22-25H2,1-8H3,(H3,35,36,37,38,39,40). The minimum absolute atomic E-state index is 0.314. The number of carbonyl (C=O) groups excluding carboxylic acids is 2. The van der Waals surface area contributed by atoms with Crippen molar-refractivity contribution in [2.75, 3.05) is 35.7 Å². The lowest BCUT2D eigenvalue weighted by Gasteiger charge is -2.34. The van der Waals surface area contributed by atoms with E-state index in [1.165, 1.54) is 0 Å². The molecular formula is C34H53N6O6Si3. The van der Waals surface area contributed by atoms with Crippen molar-refractivity contribution >= 4 is 67.1 Å². The fourth-order valence-corrected chi connectivity index (χ4v) is 16.2. The van der Waals surface area contributed by atoms with E-state index in [1.54, 1.807) is 48.5 Å². The number of anilines is 5. The Morgan fingerprint density at radius 2 is 1.14 bits per heavy atom. The summed E-state index contributed by atoms with van der Waals surface area (Å²) in [5.74, 6) is 0.322. The van der Waals surface area contributed by atoms with Crippen LogP contribution in [-0.2, 0) is 17.7 Å². The Labute approximate surface area is 295 Å². The maximum absolute atomic E-state index is 12.3. The molecule has 0 saturated carbocycles. The van der Waals surface area contributed by atoms with Gasteiger partial charge >= 0.3 is 20.5 Å². The summed E-state index contributed by atoms with van der Waals surface area (Å²) >= 11 is 0. The minimum atomic E-state index is -2.17. The average molecular weight is 726 g/mol. The molecule has 0 unspecified atom stereocenters. The van der Waals surface area contributed by atoms with Crippen molar-refractivity contribution in [1.82, 2.24) is 15.0 Å². The van der Waals surface area contributed by atoms with Crippen LogP contribution >= 0.6 is 0 Å². The molecule has 0 aliphatic rings. The van der Waals surface area contributed by atoms with Crippen LogP contribution < -0.4 is 16.0 Å². The second kappa shape index (κ2) is 19.5. The third-order valence-electron chi connectivity index (χ3n) is 7.06. The summed E-state index contributed by atoms with van der Waals surface area (Å²) in [5.41, 5.74) is 2.33.